The topological polar surface area (TPSA) is 38.7 Å². The van der Waals surface area contributed by atoms with Crippen molar-refractivity contribution in [3.8, 4) is 0 Å². The highest BCUT2D eigenvalue weighted by Crippen LogP contribution is 2.55. The lowest BCUT2D eigenvalue weighted by Crippen LogP contribution is -2.26. The third-order valence-electron chi connectivity index (χ3n) is 14.2. The van der Waals surface area contributed by atoms with E-state index in [1.54, 1.807) is 0 Å². The van der Waals surface area contributed by atoms with Crippen LogP contribution in [-0.4, -0.2) is 9.97 Å². The molecule has 318 valence electrons. The van der Waals surface area contributed by atoms with Gasteiger partial charge in [0.05, 0.1) is 45.5 Å². The minimum absolute atomic E-state index is 0.776. The van der Waals surface area contributed by atoms with Crippen LogP contribution in [0.1, 0.15) is 44.5 Å². The van der Waals surface area contributed by atoms with Crippen molar-refractivity contribution in [2.24, 2.45) is 0 Å². The van der Waals surface area contributed by atoms with Gasteiger partial charge in [0, 0.05) is 0 Å². The van der Waals surface area contributed by atoms with Crippen molar-refractivity contribution in [2.75, 3.05) is 19.6 Å². The molecule has 0 N–H and O–H groups in total. The minimum Gasteiger partial charge on any atom is -0.291 e. The maximum Gasteiger partial charge on any atom is 0.184 e. The molecule has 0 amide bonds. The Hall–Kier alpha value is -7.96. The summed E-state index contributed by atoms with van der Waals surface area (Å²) in [6.07, 6.45) is 7.34. The fraction of sp³-hybridized carbons (Fsp3) is 0.133. The van der Waals surface area contributed by atoms with Crippen LogP contribution >= 0.6 is 0 Å². The van der Waals surface area contributed by atoms with Crippen LogP contribution in [0, 0.1) is 0 Å². The molecule has 8 aromatic carbocycles. The summed E-state index contributed by atoms with van der Waals surface area (Å²) in [7, 11) is 0. The summed E-state index contributed by atoms with van der Waals surface area (Å²) in [5.74, 6) is 3.10. The summed E-state index contributed by atoms with van der Waals surface area (Å²) >= 11 is 0. The largest absolute Gasteiger partial charge is 0.291 e. The third-order valence-corrected chi connectivity index (χ3v) is 14.2. The molecule has 6 nitrogen and oxygen atoms in total. The number of aryl methyl sites for hydroxylation is 8. The fourth-order valence-electron chi connectivity index (χ4n) is 11.0. The number of nitrogens with zero attached hydrogens (tertiary/aromatic N) is 6. The van der Waals surface area contributed by atoms with Gasteiger partial charge in [0.15, 0.2) is 23.3 Å². The Morgan fingerprint density at radius 1 is 0.197 bits per heavy atom. The Morgan fingerprint density at radius 2 is 0.333 bits per heavy atom. The molecule has 6 heteroatoms. The van der Waals surface area contributed by atoms with Crippen LogP contribution in [0.4, 0.5) is 68.8 Å². The number of para-hydroxylation sites is 8. The van der Waals surface area contributed by atoms with Crippen molar-refractivity contribution >= 4 is 68.8 Å². The maximum atomic E-state index is 6.31. The quantitative estimate of drug-likeness (QED) is 0.176. The Labute approximate surface area is 386 Å². The number of benzene rings is 8. The molecule has 0 radical (unpaired) electrons. The van der Waals surface area contributed by atoms with E-state index in [1.165, 1.54) is 44.5 Å². The smallest absolute Gasteiger partial charge is 0.184 e. The number of hydrogen-bond acceptors (Lipinski definition) is 6. The van der Waals surface area contributed by atoms with Gasteiger partial charge in [-0.25, -0.2) is 9.97 Å². The number of fused-ring (bicyclic) bond motifs is 8. The van der Waals surface area contributed by atoms with Gasteiger partial charge in [-0.15, -0.1) is 0 Å². The van der Waals surface area contributed by atoms with Gasteiger partial charge in [0.2, 0.25) is 0 Å². The Kier molecular flexibility index (Phi) is 9.29. The molecule has 1 aromatic heterocycles. The molecule has 0 fully saturated rings. The molecule has 66 heavy (non-hydrogen) atoms. The first-order valence-corrected chi connectivity index (χ1v) is 23.5. The van der Waals surface area contributed by atoms with Crippen molar-refractivity contribution in [3.63, 3.8) is 0 Å². The first-order chi connectivity index (χ1) is 32.8. The van der Waals surface area contributed by atoms with E-state index in [4.69, 9.17) is 9.97 Å². The van der Waals surface area contributed by atoms with Crippen LogP contribution in [-0.2, 0) is 51.4 Å². The molecule has 0 bridgehead atoms. The summed E-state index contributed by atoms with van der Waals surface area (Å²) in [5, 5.41) is 0. The van der Waals surface area contributed by atoms with E-state index in [0.717, 1.165) is 120 Å². The van der Waals surface area contributed by atoms with Crippen LogP contribution in [0.25, 0.3) is 0 Å². The van der Waals surface area contributed by atoms with Crippen LogP contribution in [0.15, 0.2) is 194 Å². The molecule has 0 unspecified atom stereocenters. The van der Waals surface area contributed by atoms with E-state index < -0.39 is 0 Å². The third kappa shape index (κ3) is 6.31. The van der Waals surface area contributed by atoms with Gasteiger partial charge in [-0.2, -0.15) is 0 Å². The molecule has 13 rings (SSSR count). The molecule has 0 aliphatic carbocycles. The van der Waals surface area contributed by atoms with Gasteiger partial charge in [-0.05, 0) is 144 Å². The van der Waals surface area contributed by atoms with Crippen LogP contribution in [0.3, 0.4) is 0 Å². The predicted molar refractivity (Wildman–Crippen MR) is 270 cm³/mol. The molecular formula is C60H48N6. The highest BCUT2D eigenvalue weighted by Gasteiger charge is 2.38. The van der Waals surface area contributed by atoms with Crippen molar-refractivity contribution < 1.29 is 0 Å². The zero-order chi connectivity index (χ0) is 43.6. The lowest BCUT2D eigenvalue weighted by atomic mass is 10.0. The summed E-state index contributed by atoms with van der Waals surface area (Å²) in [6, 6.07) is 71.3. The highest BCUT2D eigenvalue weighted by molar-refractivity contribution is 5.97. The summed E-state index contributed by atoms with van der Waals surface area (Å²) in [6.45, 7) is 0. The first-order valence-electron chi connectivity index (χ1n) is 23.5. The standard InChI is InChI=1S/C60H48N6/c1-9-25-49-41(17-1)33-34-42-18-2-10-26-50(42)63(49)57-58(64-51-27-11-3-19-43(51)35-36-44-20-4-12-28-52(44)64)62-60(66-55-31-15-7-23-47(55)39-40-48-24-8-16-32-56(48)66)59(61-57)65-53-29-13-5-21-45(53)37-38-46-22-6-14-30-54(46)65/h1-32H,33-40H2. The molecular weight excluding hydrogens is 805 g/mol. The molecule has 0 saturated heterocycles. The fourth-order valence-corrected chi connectivity index (χ4v) is 11.0. The van der Waals surface area contributed by atoms with E-state index in [-0.39, 0.29) is 0 Å². The summed E-state index contributed by atoms with van der Waals surface area (Å²) in [5.41, 5.74) is 19.2. The number of rotatable bonds is 4. The van der Waals surface area contributed by atoms with E-state index in [2.05, 4.69) is 214 Å². The number of anilines is 12. The zero-order valence-corrected chi connectivity index (χ0v) is 36.8. The van der Waals surface area contributed by atoms with Gasteiger partial charge in [0.25, 0.3) is 0 Å². The highest BCUT2D eigenvalue weighted by atomic mass is 15.4. The lowest BCUT2D eigenvalue weighted by molar-refractivity contribution is 0.977. The first kappa shape index (κ1) is 38.5. The van der Waals surface area contributed by atoms with Crippen molar-refractivity contribution in [1.29, 1.82) is 0 Å². The zero-order valence-electron chi connectivity index (χ0n) is 36.8. The Balaban J connectivity index is 1.23. The monoisotopic (exact) mass is 852 g/mol. The second-order valence-electron chi connectivity index (χ2n) is 17.9. The van der Waals surface area contributed by atoms with E-state index in [9.17, 15) is 0 Å². The minimum atomic E-state index is 0.776. The molecule has 0 atom stereocenters. The maximum absolute atomic E-state index is 6.31. The van der Waals surface area contributed by atoms with Gasteiger partial charge < -0.3 is 0 Å². The van der Waals surface area contributed by atoms with E-state index in [1.807, 2.05) is 0 Å². The molecule has 4 aliphatic rings. The molecule has 0 saturated carbocycles. The average Bonchev–Trinajstić information content (AvgIpc) is 3.81. The summed E-state index contributed by atoms with van der Waals surface area (Å²) < 4.78 is 0. The average molecular weight is 853 g/mol. The normalized spacial score (nSPS) is 14.7. The lowest BCUT2D eigenvalue weighted by Gasteiger charge is -2.37. The van der Waals surface area contributed by atoms with E-state index >= 15 is 0 Å². The van der Waals surface area contributed by atoms with Crippen molar-refractivity contribution in [3.05, 3.63) is 239 Å². The molecule has 5 heterocycles. The van der Waals surface area contributed by atoms with Gasteiger partial charge in [-0.3, -0.25) is 19.6 Å². The summed E-state index contributed by atoms with van der Waals surface area (Å²) in [4.78, 5) is 22.4. The Bertz CT molecular complexity index is 2710. The van der Waals surface area contributed by atoms with Crippen LogP contribution in [0.5, 0.6) is 0 Å². The van der Waals surface area contributed by atoms with Gasteiger partial charge in [0.1, 0.15) is 0 Å². The van der Waals surface area contributed by atoms with Gasteiger partial charge in [-0.1, -0.05) is 146 Å². The number of hydrogen-bond donors (Lipinski definition) is 0. The van der Waals surface area contributed by atoms with Gasteiger partial charge >= 0.3 is 0 Å². The Morgan fingerprint density at radius 3 is 0.485 bits per heavy atom. The molecule has 0 spiro atoms. The van der Waals surface area contributed by atoms with Crippen LogP contribution in [0.2, 0.25) is 0 Å². The second kappa shape index (κ2) is 15.9. The van der Waals surface area contributed by atoms with E-state index in [0.29, 0.717) is 0 Å². The van der Waals surface area contributed by atoms with Crippen molar-refractivity contribution in [2.45, 2.75) is 51.4 Å². The SMILES string of the molecule is c1ccc2c(c1)CCc1ccccc1N2c1nc(N2c3ccccc3CCc3ccccc32)c(N2c3ccccc3CCc3ccccc32)nc1N1c2ccccc2CCc2ccccc21. The number of aromatic nitrogens is 2. The predicted octanol–water partition coefficient (Wildman–Crippen LogP) is 14.8. The van der Waals surface area contributed by atoms with Crippen molar-refractivity contribution in [1.82, 2.24) is 9.97 Å². The van der Waals surface area contributed by atoms with Crippen LogP contribution < -0.4 is 19.6 Å². The second-order valence-corrected chi connectivity index (χ2v) is 17.9. The molecule has 4 aliphatic heterocycles. The molecule has 9 aromatic rings.